The molecule has 24 heavy (non-hydrogen) atoms. The Hall–Kier alpha value is -2.27. The van der Waals surface area contributed by atoms with Gasteiger partial charge in [-0.3, -0.25) is 9.59 Å². The molecule has 3 rings (SSSR count). The summed E-state index contributed by atoms with van der Waals surface area (Å²) >= 11 is 1.61. The monoisotopic (exact) mass is 340 g/mol. The fraction of sp³-hybridized carbons (Fsp3) is 0.263. The summed E-state index contributed by atoms with van der Waals surface area (Å²) in [5.74, 6) is 0.0368. The average molecular weight is 340 g/mol. The minimum absolute atomic E-state index is 0.0939. The molecule has 4 nitrogen and oxygen atoms in total. The Morgan fingerprint density at radius 3 is 2.83 bits per heavy atom. The number of anilines is 2. The Labute approximate surface area is 146 Å². The molecule has 5 heteroatoms. The highest BCUT2D eigenvalue weighted by atomic mass is 32.2. The van der Waals surface area contributed by atoms with Crippen molar-refractivity contribution >= 4 is 35.0 Å². The number of hydrogen-bond acceptors (Lipinski definition) is 3. The van der Waals surface area contributed by atoms with Gasteiger partial charge in [-0.05, 0) is 43.2 Å². The van der Waals surface area contributed by atoms with Crippen molar-refractivity contribution in [1.82, 2.24) is 0 Å². The van der Waals surface area contributed by atoms with Crippen LogP contribution in [-0.2, 0) is 9.59 Å². The van der Waals surface area contributed by atoms with E-state index in [4.69, 9.17) is 0 Å². The van der Waals surface area contributed by atoms with Gasteiger partial charge in [-0.1, -0.05) is 24.3 Å². The Morgan fingerprint density at radius 1 is 1.21 bits per heavy atom. The van der Waals surface area contributed by atoms with E-state index in [0.717, 1.165) is 27.4 Å². The zero-order valence-electron chi connectivity index (χ0n) is 13.8. The van der Waals surface area contributed by atoms with Crippen LogP contribution in [-0.4, -0.2) is 17.6 Å². The SMILES string of the molecule is Cc1cccc(NC(=O)C[C@@H]2CSc3ccccc3NC2=O)c1C. The standard InChI is InChI=1S/C19H20N2O2S/c1-12-6-5-8-15(13(12)2)20-18(22)10-14-11-24-17-9-4-3-7-16(17)21-19(14)23/h3-9,14H,10-11H2,1-2H3,(H,20,22)(H,21,23)/t14-/m1/s1. The van der Waals surface area contributed by atoms with Crippen molar-refractivity contribution in [2.45, 2.75) is 25.2 Å². The molecule has 2 N–H and O–H groups in total. The van der Waals surface area contributed by atoms with Gasteiger partial charge in [0.05, 0.1) is 11.6 Å². The molecule has 124 valence electrons. The highest BCUT2D eigenvalue weighted by Crippen LogP contribution is 2.33. The molecule has 0 unspecified atom stereocenters. The van der Waals surface area contributed by atoms with Gasteiger partial charge in [0, 0.05) is 22.8 Å². The third kappa shape index (κ3) is 3.62. The summed E-state index contributed by atoms with van der Waals surface area (Å²) in [7, 11) is 0. The second-order valence-corrected chi connectivity index (χ2v) is 7.05. The molecule has 2 amide bonds. The zero-order valence-corrected chi connectivity index (χ0v) is 14.6. The van der Waals surface area contributed by atoms with Gasteiger partial charge in [0.15, 0.2) is 0 Å². The molecule has 2 aromatic rings. The lowest BCUT2D eigenvalue weighted by atomic mass is 10.0. The number of benzene rings is 2. The van der Waals surface area contributed by atoms with Crippen molar-refractivity contribution in [2.24, 2.45) is 5.92 Å². The lowest BCUT2D eigenvalue weighted by molar-refractivity contribution is -0.124. The van der Waals surface area contributed by atoms with Crippen molar-refractivity contribution in [3.8, 4) is 0 Å². The lowest BCUT2D eigenvalue weighted by Gasteiger charge is -2.14. The van der Waals surface area contributed by atoms with Crippen LogP contribution in [0.5, 0.6) is 0 Å². The number of aryl methyl sites for hydroxylation is 1. The Kier molecular flexibility index (Phi) is 4.90. The zero-order chi connectivity index (χ0) is 17.1. The molecule has 0 bridgehead atoms. The Balaban J connectivity index is 1.67. The van der Waals surface area contributed by atoms with Crippen LogP contribution in [0.4, 0.5) is 11.4 Å². The van der Waals surface area contributed by atoms with Crippen LogP contribution < -0.4 is 10.6 Å². The fourth-order valence-electron chi connectivity index (χ4n) is 2.66. The van der Waals surface area contributed by atoms with E-state index >= 15 is 0 Å². The maximum absolute atomic E-state index is 12.4. The second-order valence-electron chi connectivity index (χ2n) is 5.99. The van der Waals surface area contributed by atoms with Gasteiger partial charge in [0.25, 0.3) is 0 Å². The van der Waals surface area contributed by atoms with Crippen LogP contribution in [0.1, 0.15) is 17.5 Å². The topological polar surface area (TPSA) is 58.2 Å². The van der Waals surface area contributed by atoms with Crippen LogP contribution in [0.15, 0.2) is 47.4 Å². The number of hydrogen-bond donors (Lipinski definition) is 2. The summed E-state index contributed by atoms with van der Waals surface area (Å²) < 4.78 is 0. The summed E-state index contributed by atoms with van der Waals surface area (Å²) in [4.78, 5) is 25.8. The van der Waals surface area contributed by atoms with Crippen molar-refractivity contribution < 1.29 is 9.59 Å². The molecule has 0 aromatic heterocycles. The van der Waals surface area contributed by atoms with E-state index in [1.54, 1.807) is 11.8 Å². The van der Waals surface area contributed by atoms with Gasteiger partial charge < -0.3 is 10.6 Å². The van der Waals surface area contributed by atoms with Gasteiger partial charge in [0.2, 0.25) is 11.8 Å². The summed E-state index contributed by atoms with van der Waals surface area (Å²) in [5.41, 5.74) is 3.82. The molecule has 1 heterocycles. The molecule has 0 saturated carbocycles. The van der Waals surface area contributed by atoms with E-state index in [1.165, 1.54) is 0 Å². The van der Waals surface area contributed by atoms with Gasteiger partial charge in [-0.15, -0.1) is 11.8 Å². The van der Waals surface area contributed by atoms with Gasteiger partial charge in [-0.2, -0.15) is 0 Å². The summed E-state index contributed by atoms with van der Waals surface area (Å²) in [6, 6.07) is 13.5. The summed E-state index contributed by atoms with van der Waals surface area (Å²) in [6.45, 7) is 3.99. The van der Waals surface area contributed by atoms with E-state index in [-0.39, 0.29) is 24.2 Å². The molecule has 2 aromatic carbocycles. The third-order valence-electron chi connectivity index (χ3n) is 4.27. The van der Waals surface area contributed by atoms with Crippen molar-refractivity contribution in [3.05, 3.63) is 53.6 Å². The normalized spacial score (nSPS) is 16.8. The molecule has 0 fully saturated rings. The molecule has 1 aliphatic rings. The largest absolute Gasteiger partial charge is 0.326 e. The van der Waals surface area contributed by atoms with Crippen LogP contribution in [0.2, 0.25) is 0 Å². The first-order chi connectivity index (χ1) is 11.5. The predicted molar refractivity (Wildman–Crippen MR) is 98.4 cm³/mol. The van der Waals surface area contributed by atoms with E-state index < -0.39 is 0 Å². The number of rotatable bonds is 3. The summed E-state index contributed by atoms with van der Waals surface area (Å²) in [6.07, 6.45) is 0.181. The fourth-order valence-corrected chi connectivity index (χ4v) is 3.76. The minimum Gasteiger partial charge on any atom is -0.326 e. The quantitative estimate of drug-likeness (QED) is 0.888. The molecule has 0 aliphatic carbocycles. The van der Waals surface area contributed by atoms with Crippen molar-refractivity contribution in [2.75, 3.05) is 16.4 Å². The number of fused-ring (bicyclic) bond motifs is 1. The second kappa shape index (κ2) is 7.09. The average Bonchev–Trinajstić information content (AvgIpc) is 2.71. The van der Waals surface area contributed by atoms with Gasteiger partial charge in [-0.25, -0.2) is 0 Å². The van der Waals surface area contributed by atoms with Gasteiger partial charge >= 0.3 is 0 Å². The van der Waals surface area contributed by atoms with E-state index in [1.807, 2.05) is 56.3 Å². The Morgan fingerprint density at radius 2 is 2.00 bits per heavy atom. The molecule has 0 spiro atoms. The van der Waals surface area contributed by atoms with Crippen molar-refractivity contribution in [3.63, 3.8) is 0 Å². The lowest BCUT2D eigenvalue weighted by Crippen LogP contribution is -2.28. The van der Waals surface area contributed by atoms with Crippen LogP contribution in [0, 0.1) is 19.8 Å². The molecular formula is C19H20N2O2S. The van der Waals surface area contributed by atoms with E-state index in [9.17, 15) is 9.59 Å². The first-order valence-electron chi connectivity index (χ1n) is 7.93. The smallest absolute Gasteiger partial charge is 0.228 e. The van der Waals surface area contributed by atoms with Gasteiger partial charge in [0.1, 0.15) is 0 Å². The first kappa shape index (κ1) is 16.6. The van der Waals surface area contributed by atoms with Crippen molar-refractivity contribution in [1.29, 1.82) is 0 Å². The number of carbonyl (C=O) groups is 2. The number of carbonyl (C=O) groups excluding carboxylic acids is 2. The van der Waals surface area contributed by atoms with E-state index in [2.05, 4.69) is 10.6 Å². The minimum atomic E-state index is -0.340. The number of nitrogens with one attached hydrogen (secondary N) is 2. The van der Waals surface area contributed by atoms with Crippen LogP contribution >= 0.6 is 11.8 Å². The highest BCUT2D eigenvalue weighted by Gasteiger charge is 2.26. The number of para-hydroxylation sites is 1. The predicted octanol–water partition coefficient (Wildman–Crippen LogP) is 3.99. The third-order valence-corrected chi connectivity index (χ3v) is 5.50. The molecule has 0 radical (unpaired) electrons. The van der Waals surface area contributed by atoms with Crippen LogP contribution in [0.3, 0.4) is 0 Å². The molecular weight excluding hydrogens is 320 g/mol. The number of amides is 2. The summed E-state index contributed by atoms with van der Waals surface area (Å²) in [5, 5.41) is 5.85. The van der Waals surface area contributed by atoms with Crippen LogP contribution in [0.25, 0.3) is 0 Å². The first-order valence-corrected chi connectivity index (χ1v) is 8.92. The maximum Gasteiger partial charge on any atom is 0.228 e. The highest BCUT2D eigenvalue weighted by molar-refractivity contribution is 7.99. The van der Waals surface area contributed by atoms with E-state index in [0.29, 0.717) is 5.75 Å². The molecule has 1 atom stereocenters. The molecule has 1 aliphatic heterocycles. The molecule has 0 saturated heterocycles. The maximum atomic E-state index is 12.4. The number of thioether (sulfide) groups is 1. The Bertz CT molecular complexity index is 789.